The largest absolute Gasteiger partial charge is 0.426 e. The van der Waals surface area contributed by atoms with Gasteiger partial charge in [0.2, 0.25) is 0 Å². The first-order valence-corrected chi connectivity index (χ1v) is 28.3. The van der Waals surface area contributed by atoms with E-state index in [0.717, 1.165) is 35.8 Å². The van der Waals surface area contributed by atoms with Gasteiger partial charge in [-0.25, -0.2) is 9.34 Å². The smallest absolute Gasteiger partial charge is 0.384 e. The van der Waals surface area contributed by atoms with Crippen LogP contribution in [0.1, 0.15) is 233 Å². The molecule has 0 saturated carbocycles. The Kier molecular flexibility index (Phi) is 15.2. The minimum absolute atomic E-state index is 0.0400. The molecule has 0 spiro atoms. The molecule has 0 aliphatic carbocycles. The van der Waals surface area contributed by atoms with Crippen molar-refractivity contribution >= 4 is 17.1 Å². The van der Waals surface area contributed by atoms with Gasteiger partial charge >= 0.3 is 17.1 Å². The van der Waals surface area contributed by atoms with Crippen molar-refractivity contribution in [3.8, 4) is 23.0 Å². The van der Waals surface area contributed by atoms with E-state index in [4.69, 9.17) is 18.1 Å². The number of hydrogen-bond acceptors (Lipinski definition) is 6. The normalized spacial score (nSPS) is 15.9. The van der Waals surface area contributed by atoms with Crippen molar-refractivity contribution in [3.05, 3.63) is 115 Å². The Morgan fingerprint density at radius 1 is 0.314 bits per heavy atom. The second-order valence-electron chi connectivity index (χ2n) is 29.0. The molecule has 0 radical (unpaired) electrons. The van der Waals surface area contributed by atoms with E-state index in [9.17, 15) is 0 Å². The number of benzene rings is 4. The summed E-state index contributed by atoms with van der Waals surface area (Å²) < 4.78 is 34.3. The van der Waals surface area contributed by atoms with Gasteiger partial charge in [-0.2, -0.15) is 0 Å². The molecular weight excluding hydrogens is 899 g/mol. The van der Waals surface area contributed by atoms with E-state index in [1.807, 2.05) is 0 Å². The first-order valence-electron chi connectivity index (χ1n) is 26.0. The van der Waals surface area contributed by atoms with E-state index in [2.05, 4.69) is 238 Å². The summed E-state index contributed by atoms with van der Waals surface area (Å²) >= 11 is 0. The minimum Gasteiger partial charge on any atom is -0.426 e. The molecule has 0 aromatic heterocycles. The maximum Gasteiger partial charge on any atom is 0.384 e. The molecule has 0 atom stereocenters. The summed E-state index contributed by atoms with van der Waals surface area (Å²) in [5.41, 5.74) is 14.2. The van der Waals surface area contributed by atoms with Crippen molar-refractivity contribution in [1.29, 1.82) is 0 Å². The molecule has 0 amide bonds. The molecule has 0 N–H and O–H groups in total. The summed E-state index contributed by atoms with van der Waals surface area (Å²) in [5, 5.41) is 0. The molecule has 0 unspecified atom stereocenters. The first-order chi connectivity index (χ1) is 31.5. The quantitative estimate of drug-likeness (QED) is 0.186. The van der Waals surface area contributed by atoms with Gasteiger partial charge in [0.1, 0.15) is 23.0 Å². The Morgan fingerprint density at radius 3 is 0.657 bits per heavy atom. The second-order valence-corrected chi connectivity index (χ2v) is 32.1. The lowest BCUT2D eigenvalue weighted by atomic mass is 9.76. The lowest BCUT2D eigenvalue weighted by Crippen LogP contribution is -2.31. The fourth-order valence-corrected chi connectivity index (χ4v) is 11.8. The van der Waals surface area contributed by atoms with Gasteiger partial charge in [-0.15, -0.1) is 0 Å². The van der Waals surface area contributed by atoms with Crippen LogP contribution in [0.3, 0.4) is 0 Å². The molecule has 2 aliphatic heterocycles. The highest BCUT2D eigenvalue weighted by atomic mass is 31.2. The fraction of sp³-hybridized carbons (Fsp3) is 0.613. The second kappa shape index (κ2) is 19.0. The molecule has 4 aromatic carbocycles. The van der Waals surface area contributed by atoms with Crippen molar-refractivity contribution in [2.24, 2.45) is 0 Å². The molecule has 0 fully saturated rings. The van der Waals surface area contributed by atoms with Crippen LogP contribution in [0.5, 0.6) is 23.0 Å². The first kappa shape index (κ1) is 56.2. The van der Waals surface area contributed by atoms with Gasteiger partial charge in [-0.1, -0.05) is 215 Å². The maximum atomic E-state index is 7.43. The molecular formula is C62H94N2O4P2. The topological polar surface area (TPSA) is 43.4 Å². The zero-order chi connectivity index (χ0) is 52.9. The van der Waals surface area contributed by atoms with Gasteiger partial charge in [0.15, 0.2) is 0 Å². The predicted octanol–water partition coefficient (Wildman–Crippen LogP) is 17.8. The highest BCUT2D eigenvalue weighted by Gasteiger charge is 2.39. The van der Waals surface area contributed by atoms with Crippen LogP contribution < -0.4 is 18.1 Å². The molecule has 8 heteroatoms. The van der Waals surface area contributed by atoms with Gasteiger partial charge in [0, 0.05) is 48.2 Å². The Balaban J connectivity index is 1.49. The summed E-state index contributed by atoms with van der Waals surface area (Å²) in [6.07, 6.45) is 1.45. The fourth-order valence-electron chi connectivity index (χ4n) is 9.16. The van der Waals surface area contributed by atoms with Crippen LogP contribution in [-0.2, 0) is 56.2 Å². The average Bonchev–Trinajstić information content (AvgIpc) is 3.15. The monoisotopic (exact) mass is 993 g/mol. The molecule has 2 aliphatic rings. The highest BCUT2D eigenvalue weighted by molar-refractivity contribution is 7.45. The van der Waals surface area contributed by atoms with Crippen LogP contribution >= 0.6 is 17.1 Å². The van der Waals surface area contributed by atoms with Crippen molar-refractivity contribution in [2.45, 2.75) is 222 Å². The Bertz CT molecular complexity index is 2230. The lowest BCUT2D eigenvalue weighted by molar-refractivity contribution is 0.331. The summed E-state index contributed by atoms with van der Waals surface area (Å²) in [6, 6.07) is 19.2. The zero-order valence-electron chi connectivity index (χ0n) is 48.9. The van der Waals surface area contributed by atoms with E-state index in [1.54, 1.807) is 0 Å². The molecule has 70 heavy (non-hydrogen) atoms. The zero-order valence-corrected chi connectivity index (χ0v) is 50.7. The molecule has 2 heterocycles. The van der Waals surface area contributed by atoms with Crippen LogP contribution in [-0.4, -0.2) is 36.5 Å². The third kappa shape index (κ3) is 12.4. The van der Waals surface area contributed by atoms with Crippen LogP contribution in [0, 0.1) is 0 Å². The molecule has 386 valence electrons. The van der Waals surface area contributed by atoms with Crippen molar-refractivity contribution in [3.63, 3.8) is 0 Å². The third-order valence-corrected chi connectivity index (χ3v) is 17.0. The van der Waals surface area contributed by atoms with Crippen LogP contribution in [0.15, 0.2) is 48.5 Å². The van der Waals surface area contributed by atoms with Gasteiger partial charge in [-0.3, -0.25) is 0 Å². The van der Waals surface area contributed by atoms with Crippen molar-refractivity contribution in [1.82, 2.24) is 9.34 Å². The Labute approximate surface area is 430 Å². The molecule has 6 nitrogen and oxygen atoms in total. The molecule has 4 aromatic rings. The number of rotatable bonds is 5. The summed E-state index contributed by atoms with van der Waals surface area (Å²) in [6.45, 7) is 56.8. The number of nitrogens with zero attached hydrogens (tertiary/aromatic N) is 2. The molecule has 0 bridgehead atoms. The summed E-state index contributed by atoms with van der Waals surface area (Å²) in [7, 11) is 1.06. The minimum atomic E-state index is -1.63. The number of fused-ring (bicyclic) bond motifs is 4. The van der Waals surface area contributed by atoms with Crippen LogP contribution in [0.25, 0.3) is 0 Å². The van der Waals surface area contributed by atoms with E-state index < -0.39 is 17.1 Å². The highest BCUT2D eigenvalue weighted by Crippen LogP contribution is 2.56. The third-order valence-electron chi connectivity index (χ3n) is 14.1. The average molecular weight is 993 g/mol. The molecule has 6 rings (SSSR count). The van der Waals surface area contributed by atoms with Gasteiger partial charge < -0.3 is 18.1 Å². The van der Waals surface area contributed by atoms with Crippen molar-refractivity contribution in [2.75, 3.05) is 27.2 Å². The van der Waals surface area contributed by atoms with Crippen molar-refractivity contribution < 1.29 is 18.1 Å². The Hall–Kier alpha value is -3.14. The van der Waals surface area contributed by atoms with Crippen LogP contribution in [0.2, 0.25) is 0 Å². The van der Waals surface area contributed by atoms with Gasteiger partial charge in [0.25, 0.3) is 0 Å². The van der Waals surface area contributed by atoms with E-state index in [1.165, 1.54) is 66.8 Å². The molecule has 0 saturated heterocycles. The number of hydrogen-bond donors (Lipinski definition) is 0. The maximum absolute atomic E-state index is 7.43. The Morgan fingerprint density at radius 2 is 0.500 bits per heavy atom. The SMILES string of the molecule is CN(CCN(C)P1Oc2c(cc(C(C)(C)C)cc2C(C)(C)C)Cc2cc(C(C)(C)C)cc(C(C)(C)C)c2O1)P1Oc2c(cc(C(C)(C)C)cc2C(C)(C)C)Cc2cc(C(C)(C)C)cc(C(C)(C)C)c2O1. The van der Waals surface area contributed by atoms with Gasteiger partial charge in [0.05, 0.1) is 0 Å². The van der Waals surface area contributed by atoms with Gasteiger partial charge in [-0.05, 0) is 102 Å². The lowest BCUT2D eigenvalue weighted by Gasteiger charge is -2.38. The standard InChI is InChI=1S/C62H94N2O4P2/c1-55(2,3)43-31-39-29-40-32-44(56(4,5)6)36-48(60(16,17)18)52(40)66-69(65-51(39)47(35-43)59(13,14)15)63(25)27-28-64(26)70-67-53-41(33-45(57(7,8)9)37-49(53)61(19,20)21)30-42-34-46(58(10,11)12)38-50(54(42)68-70)62(22,23)24/h31-38H,27-30H2,1-26H3. The van der Waals surface area contributed by atoms with E-state index >= 15 is 0 Å². The number of likely N-dealkylation sites (N-methyl/N-ethyl adjacent to an activating group) is 2. The van der Waals surface area contributed by atoms with E-state index in [0.29, 0.717) is 13.1 Å². The van der Waals surface area contributed by atoms with Crippen LogP contribution in [0.4, 0.5) is 0 Å². The van der Waals surface area contributed by atoms with E-state index in [-0.39, 0.29) is 43.3 Å². The summed E-state index contributed by atoms with van der Waals surface area (Å²) in [4.78, 5) is 0. The summed E-state index contributed by atoms with van der Waals surface area (Å²) in [5.74, 6) is 3.81. The predicted molar refractivity (Wildman–Crippen MR) is 303 cm³/mol.